The average Bonchev–Trinajstić information content (AvgIpc) is 2.64. The molecule has 1 aromatic carbocycles. The number of hydrogen-bond donors (Lipinski definition) is 2. The smallest absolute Gasteiger partial charge is 0.227 e. The molecule has 1 amide bonds. The fourth-order valence-corrected chi connectivity index (χ4v) is 4.02. The van der Waals surface area contributed by atoms with Gasteiger partial charge >= 0.3 is 0 Å². The topological polar surface area (TPSA) is 44.4 Å². The van der Waals surface area contributed by atoms with Gasteiger partial charge in [0.1, 0.15) is 0 Å². The van der Waals surface area contributed by atoms with Crippen LogP contribution in [0.15, 0.2) is 24.3 Å². The quantitative estimate of drug-likeness (QED) is 0.775. The molecule has 2 aliphatic rings. The summed E-state index contributed by atoms with van der Waals surface area (Å²) in [7, 11) is 2.22. The van der Waals surface area contributed by atoms with Gasteiger partial charge in [-0.05, 0) is 57.5 Å². The molecule has 0 unspecified atom stereocenters. The Morgan fingerprint density at radius 1 is 1.08 bits per heavy atom. The second kappa shape index (κ2) is 11.8. The molecular weight excluding hydrogens is 369 g/mol. The van der Waals surface area contributed by atoms with Crippen LogP contribution in [-0.4, -0.2) is 37.0 Å². The number of halogens is 2. The van der Waals surface area contributed by atoms with E-state index in [2.05, 4.69) is 34.7 Å². The Labute approximate surface area is 170 Å². The Balaban J connectivity index is 0.00000169. The number of anilines is 1. The molecule has 1 heterocycles. The van der Waals surface area contributed by atoms with Crippen LogP contribution in [0.25, 0.3) is 0 Å². The number of nitrogens with zero attached hydrogens (tertiary/aromatic N) is 1. The van der Waals surface area contributed by atoms with Gasteiger partial charge in [0, 0.05) is 24.2 Å². The fraction of sp³-hybridized carbons (Fsp3) is 0.650. The third-order valence-corrected chi connectivity index (χ3v) is 5.60. The maximum absolute atomic E-state index is 12.6. The zero-order valence-electron chi connectivity index (χ0n) is 15.7. The van der Waals surface area contributed by atoms with Crippen LogP contribution in [0.1, 0.15) is 50.5 Å². The zero-order valence-corrected chi connectivity index (χ0v) is 17.3. The van der Waals surface area contributed by atoms with Gasteiger partial charge in [0.05, 0.1) is 0 Å². The van der Waals surface area contributed by atoms with Gasteiger partial charge in [-0.2, -0.15) is 0 Å². The molecule has 1 aliphatic heterocycles. The van der Waals surface area contributed by atoms with E-state index in [-0.39, 0.29) is 36.6 Å². The Hall–Kier alpha value is -0.810. The summed E-state index contributed by atoms with van der Waals surface area (Å²) in [6.45, 7) is 2.81. The summed E-state index contributed by atoms with van der Waals surface area (Å²) in [4.78, 5) is 15.0. The van der Waals surface area contributed by atoms with Gasteiger partial charge in [0.25, 0.3) is 0 Å². The summed E-state index contributed by atoms with van der Waals surface area (Å²) in [5.41, 5.74) is 2.22. The highest BCUT2D eigenvalue weighted by molar-refractivity contribution is 5.93. The molecule has 148 valence electrons. The highest BCUT2D eigenvalue weighted by atomic mass is 35.5. The molecule has 4 nitrogen and oxygen atoms in total. The molecule has 2 fully saturated rings. The second-order valence-electron chi connectivity index (χ2n) is 7.38. The first kappa shape index (κ1) is 23.2. The van der Waals surface area contributed by atoms with Gasteiger partial charge in [-0.1, -0.05) is 37.5 Å². The molecule has 1 aromatic rings. The van der Waals surface area contributed by atoms with Gasteiger partial charge in [-0.25, -0.2) is 0 Å². The Bertz CT molecular complexity index is 544. The maximum Gasteiger partial charge on any atom is 0.227 e. The Morgan fingerprint density at radius 2 is 1.73 bits per heavy atom. The van der Waals surface area contributed by atoms with Gasteiger partial charge in [-0.15, -0.1) is 24.8 Å². The first-order chi connectivity index (χ1) is 11.7. The summed E-state index contributed by atoms with van der Waals surface area (Å²) in [6.07, 6.45) is 8.57. The first-order valence-electron chi connectivity index (χ1n) is 9.54. The van der Waals surface area contributed by atoms with Gasteiger partial charge in [0.15, 0.2) is 0 Å². The molecule has 3 rings (SSSR count). The van der Waals surface area contributed by atoms with Crippen molar-refractivity contribution in [2.45, 2.75) is 57.5 Å². The monoisotopic (exact) mass is 401 g/mol. The number of benzene rings is 1. The van der Waals surface area contributed by atoms with E-state index in [4.69, 9.17) is 0 Å². The van der Waals surface area contributed by atoms with Crippen molar-refractivity contribution < 1.29 is 4.79 Å². The van der Waals surface area contributed by atoms with Crippen molar-refractivity contribution in [3.8, 4) is 0 Å². The number of amides is 1. The molecule has 1 saturated heterocycles. The number of hydrogen-bond acceptors (Lipinski definition) is 3. The minimum Gasteiger partial charge on any atom is -0.326 e. The molecular formula is C20H33Cl2N3O. The molecule has 0 radical (unpaired) electrons. The van der Waals surface area contributed by atoms with E-state index in [0.29, 0.717) is 6.04 Å². The summed E-state index contributed by atoms with van der Waals surface area (Å²) in [5, 5.41) is 6.52. The van der Waals surface area contributed by atoms with E-state index < -0.39 is 0 Å². The number of para-hydroxylation sites is 1. The molecule has 0 spiro atoms. The molecule has 0 aromatic heterocycles. The summed E-state index contributed by atoms with van der Waals surface area (Å²) < 4.78 is 0. The van der Waals surface area contributed by atoms with Crippen LogP contribution in [0, 0.1) is 5.92 Å². The zero-order chi connectivity index (χ0) is 16.8. The molecule has 0 bridgehead atoms. The van der Waals surface area contributed by atoms with Crippen molar-refractivity contribution in [2.24, 2.45) is 5.92 Å². The lowest BCUT2D eigenvalue weighted by molar-refractivity contribution is -0.120. The third-order valence-electron chi connectivity index (χ3n) is 5.60. The van der Waals surface area contributed by atoms with Crippen molar-refractivity contribution in [2.75, 3.05) is 25.5 Å². The Kier molecular flexibility index (Phi) is 10.6. The maximum atomic E-state index is 12.6. The normalized spacial score (nSPS) is 18.7. The molecule has 26 heavy (non-hydrogen) atoms. The molecule has 0 atom stereocenters. The van der Waals surface area contributed by atoms with Crippen molar-refractivity contribution in [3.05, 3.63) is 29.8 Å². The molecule has 6 heteroatoms. The molecule has 2 N–H and O–H groups in total. The summed E-state index contributed by atoms with van der Waals surface area (Å²) in [5.74, 6) is 0.333. The Morgan fingerprint density at radius 3 is 2.42 bits per heavy atom. The number of piperidine rings is 1. The van der Waals surface area contributed by atoms with Crippen LogP contribution in [0.2, 0.25) is 0 Å². The lowest BCUT2D eigenvalue weighted by atomic mass is 9.94. The van der Waals surface area contributed by atoms with Crippen LogP contribution >= 0.6 is 24.8 Å². The molecule has 1 saturated carbocycles. The predicted molar refractivity (Wildman–Crippen MR) is 114 cm³/mol. The van der Waals surface area contributed by atoms with Crippen LogP contribution in [-0.2, 0) is 11.3 Å². The predicted octanol–water partition coefficient (Wildman–Crippen LogP) is 4.23. The van der Waals surface area contributed by atoms with E-state index in [1.54, 1.807) is 0 Å². The van der Waals surface area contributed by atoms with Crippen LogP contribution in [0.5, 0.6) is 0 Å². The fourth-order valence-electron chi connectivity index (χ4n) is 4.02. The number of carbonyl (C=O) groups excluding carboxylic acids is 1. The second-order valence-corrected chi connectivity index (χ2v) is 7.38. The van der Waals surface area contributed by atoms with E-state index in [0.717, 1.165) is 38.2 Å². The largest absolute Gasteiger partial charge is 0.326 e. The minimum atomic E-state index is 0. The highest BCUT2D eigenvalue weighted by Gasteiger charge is 2.22. The summed E-state index contributed by atoms with van der Waals surface area (Å²) in [6, 6.07) is 8.97. The standard InChI is InChI=1S/C20H31N3O.2ClH/c1-23(18-8-3-2-4-9-18)15-17-7-5-6-10-19(17)22-20(24)16-11-13-21-14-12-16;;/h5-7,10,16,18,21H,2-4,8-9,11-15H2,1H3,(H,22,24);2*1H. The van der Waals surface area contributed by atoms with Crippen LogP contribution in [0.4, 0.5) is 5.69 Å². The summed E-state index contributed by atoms with van der Waals surface area (Å²) >= 11 is 0. The number of nitrogens with one attached hydrogen (secondary N) is 2. The lowest BCUT2D eigenvalue weighted by Gasteiger charge is -2.31. The van der Waals surface area contributed by atoms with E-state index in [1.807, 2.05) is 12.1 Å². The first-order valence-corrected chi connectivity index (χ1v) is 9.54. The van der Waals surface area contributed by atoms with E-state index in [9.17, 15) is 4.79 Å². The SMILES string of the molecule is CN(Cc1ccccc1NC(=O)C1CCNCC1)C1CCCCC1.Cl.Cl. The van der Waals surface area contributed by atoms with Crippen LogP contribution in [0.3, 0.4) is 0 Å². The molecule has 1 aliphatic carbocycles. The van der Waals surface area contributed by atoms with Gasteiger partial charge < -0.3 is 10.6 Å². The van der Waals surface area contributed by atoms with Gasteiger partial charge in [-0.3, -0.25) is 9.69 Å². The van der Waals surface area contributed by atoms with Crippen molar-refractivity contribution in [3.63, 3.8) is 0 Å². The third kappa shape index (κ3) is 6.41. The van der Waals surface area contributed by atoms with E-state index in [1.165, 1.54) is 37.7 Å². The van der Waals surface area contributed by atoms with Crippen molar-refractivity contribution in [1.29, 1.82) is 0 Å². The van der Waals surface area contributed by atoms with Crippen molar-refractivity contribution in [1.82, 2.24) is 10.2 Å². The van der Waals surface area contributed by atoms with Gasteiger partial charge in [0.2, 0.25) is 5.91 Å². The average molecular weight is 402 g/mol. The minimum absolute atomic E-state index is 0. The van der Waals surface area contributed by atoms with E-state index >= 15 is 0 Å². The lowest BCUT2D eigenvalue weighted by Crippen LogP contribution is -2.35. The number of carbonyl (C=O) groups is 1. The van der Waals surface area contributed by atoms with Crippen LogP contribution < -0.4 is 10.6 Å². The van der Waals surface area contributed by atoms with Crippen molar-refractivity contribution >= 4 is 36.4 Å². The number of rotatable bonds is 5. The highest BCUT2D eigenvalue weighted by Crippen LogP contribution is 2.25.